The highest BCUT2D eigenvalue weighted by Crippen LogP contribution is 2.25. The Labute approximate surface area is 129 Å². The van der Waals surface area contributed by atoms with Crippen LogP contribution in [-0.2, 0) is 25.9 Å². The molecule has 0 N–H and O–H groups in total. The van der Waals surface area contributed by atoms with Gasteiger partial charge in [0, 0.05) is 13.1 Å². The molecule has 0 bridgehead atoms. The maximum absolute atomic E-state index is 12.9. The molecule has 1 aromatic heterocycles. The predicted octanol–water partition coefficient (Wildman–Crippen LogP) is 2.33. The van der Waals surface area contributed by atoms with Crippen molar-refractivity contribution in [1.29, 1.82) is 0 Å². The summed E-state index contributed by atoms with van der Waals surface area (Å²) >= 11 is 0. The van der Waals surface area contributed by atoms with Crippen molar-refractivity contribution in [2.75, 3.05) is 0 Å². The van der Waals surface area contributed by atoms with Gasteiger partial charge in [-0.2, -0.15) is 0 Å². The highest BCUT2D eigenvalue weighted by molar-refractivity contribution is 5.82. The summed E-state index contributed by atoms with van der Waals surface area (Å²) in [5, 5.41) is 1.23. The van der Waals surface area contributed by atoms with Crippen LogP contribution >= 0.6 is 0 Å². The van der Waals surface area contributed by atoms with Crippen LogP contribution in [0, 0.1) is 11.8 Å². The van der Waals surface area contributed by atoms with Gasteiger partial charge in [0.2, 0.25) is 0 Å². The summed E-state index contributed by atoms with van der Waals surface area (Å²) in [4.78, 5) is 25.7. The SMILES string of the molecule is CC1Cn2c(=O)c3cc4c(cc3c(=O)n2CC1C)CCCC4. The summed E-state index contributed by atoms with van der Waals surface area (Å²) < 4.78 is 3.34. The van der Waals surface area contributed by atoms with Crippen molar-refractivity contribution in [1.82, 2.24) is 9.36 Å². The monoisotopic (exact) mass is 298 g/mol. The Morgan fingerprint density at radius 2 is 1.23 bits per heavy atom. The van der Waals surface area contributed by atoms with E-state index in [-0.39, 0.29) is 11.1 Å². The molecule has 4 nitrogen and oxygen atoms in total. The molecule has 0 radical (unpaired) electrons. The van der Waals surface area contributed by atoms with E-state index in [1.54, 1.807) is 9.36 Å². The number of aromatic nitrogens is 2. The molecule has 0 amide bonds. The number of hydrogen-bond acceptors (Lipinski definition) is 2. The fraction of sp³-hybridized carbons (Fsp3) is 0.556. The molecule has 1 aliphatic carbocycles. The predicted molar refractivity (Wildman–Crippen MR) is 87.4 cm³/mol. The summed E-state index contributed by atoms with van der Waals surface area (Å²) in [5.41, 5.74) is 2.53. The fourth-order valence-corrected chi connectivity index (χ4v) is 3.91. The third-order valence-electron chi connectivity index (χ3n) is 5.60. The van der Waals surface area contributed by atoms with Crippen LogP contribution in [0.25, 0.3) is 10.8 Å². The summed E-state index contributed by atoms with van der Waals surface area (Å²) in [6, 6.07) is 3.98. The molecular weight excluding hydrogens is 276 g/mol. The van der Waals surface area contributed by atoms with Gasteiger partial charge in [-0.3, -0.25) is 9.59 Å². The zero-order valence-corrected chi connectivity index (χ0v) is 13.3. The van der Waals surface area contributed by atoms with E-state index in [0.717, 1.165) is 12.8 Å². The quantitative estimate of drug-likeness (QED) is 0.749. The van der Waals surface area contributed by atoms with Crippen LogP contribution in [0.4, 0.5) is 0 Å². The van der Waals surface area contributed by atoms with Crippen molar-refractivity contribution in [2.24, 2.45) is 11.8 Å². The second-order valence-corrected chi connectivity index (χ2v) is 7.10. The molecule has 0 saturated carbocycles. The maximum atomic E-state index is 12.9. The van der Waals surface area contributed by atoms with Crippen LogP contribution in [0.5, 0.6) is 0 Å². The lowest BCUT2D eigenvalue weighted by Crippen LogP contribution is -2.46. The van der Waals surface area contributed by atoms with Crippen molar-refractivity contribution in [3.8, 4) is 0 Å². The number of benzene rings is 1. The zero-order valence-electron chi connectivity index (χ0n) is 13.3. The van der Waals surface area contributed by atoms with Crippen molar-refractivity contribution >= 4 is 10.8 Å². The standard InChI is InChI=1S/C18H22N2O2/c1-11-9-19-17(21)15-7-13-5-3-4-6-14(13)8-16(15)18(22)20(19)10-12(11)2/h7-8,11-12H,3-6,9-10H2,1-2H3. The first kappa shape index (κ1) is 13.8. The molecule has 0 spiro atoms. The molecule has 22 heavy (non-hydrogen) atoms. The van der Waals surface area contributed by atoms with E-state index in [2.05, 4.69) is 13.8 Å². The minimum Gasteiger partial charge on any atom is -0.267 e. The molecule has 116 valence electrons. The van der Waals surface area contributed by atoms with E-state index in [0.29, 0.717) is 35.7 Å². The van der Waals surface area contributed by atoms with Crippen molar-refractivity contribution in [3.63, 3.8) is 0 Å². The molecule has 1 aliphatic heterocycles. The third kappa shape index (κ3) is 1.89. The molecule has 2 aromatic rings. The number of hydrogen-bond donors (Lipinski definition) is 0. The van der Waals surface area contributed by atoms with Gasteiger partial charge in [-0.25, -0.2) is 9.36 Å². The summed E-state index contributed by atoms with van der Waals surface area (Å²) in [7, 11) is 0. The lowest BCUT2D eigenvalue weighted by molar-refractivity contribution is 0.190. The second kappa shape index (κ2) is 4.83. The summed E-state index contributed by atoms with van der Waals surface area (Å²) in [5.74, 6) is 0.847. The number of fused-ring (bicyclic) bond motifs is 3. The van der Waals surface area contributed by atoms with Gasteiger partial charge in [0.25, 0.3) is 11.1 Å². The van der Waals surface area contributed by atoms with Gasteiger partial charge >= 0.3 is 0 Å². The lowest BCUT2D eigenvalue weighted by Gasteiger charge is -2.31. The summed E-state index contributed by atoms with van der Waals surface area (Å²) in [6.07, 6.45) is 4.42. The Kier molecular flexibility index (Phi) is 3.03. The topological polar surface area (TPSA) is 44.0 Å². The number of aryl methyl sites for hydroxylation is 2. The molecule has 2 unspecified atom stereocenters. The van der Waals surface area contributed by atoms with E-state index in [4.69, 9.17) is 0 Å². The minimum absolute atomic E-state index is 0.00160. The maximum Gasteiger partial charge on any atom is 0.273 e. The molecule has 2 heterocycles. The van der Waals surface area contributed by atoms with E-state index in [1.807, 2.05) is 12.1 Å². The van der Waals surface area contributed by atoms with E-state index < -0.39 is 0 Å². The molecule has 0 fully saturated rings. The molecule has 4 heteroatoms. The molecule has 1 aromatic carbocycles. The number of nitrogens with zero attached hydrogens (tertiary/aromatic N) is 2. The smallest absolute Gasteiger partial charge is 0.267 e. The van der Waals surface area contributed by atoms with Crippen LogP contribution in [0.1, 0.15) is 37.8 Å². The van der Waals surface area contributed by atoms with Gasteiger partial charge in [-0.1, -0.05) is 13.8 Å². The largest absolute Gasteiger partial charge is 0.273 e. The first-order valence-corrected chi connectivity index (χ1v) is 8.35. The van der Waals surface area contributed by atoms with Gasteiger partial charge in [0.1, 0.15) is 0 Å². The van der Waals surface area contributed by atoms with Crippen LogP contribution < -0.4 is 11.1 Å². The first-order valence-electron chi connectivity index (χ1n) is 8.35. The molecular formula is C18H22N2O2. The Balaban J connectivity index is 2.05. The highest BCUT2D eigenvalue weighted by atomic mass is 16.2. The Bertz CT molecular complexity index is 803. The van der Waals surface area contributed by atoms with Gasteiger partial charge in [0.05, 0.1) is 10.8 Å². The summed E-state index contributed by atoms with van der Waals surface area (Å²) in [6.45, 7) is 5.59. The van der Waals surface area contributed by atoms with Crippen LogP contribution in [0.3, 0.4) is 0 Å². The Morgan fingerprint density at radius 1 is 0.818 bits per heavy atom. The van der Waals surface area contributed by atoms with E-state index >= 15 is 0 Å². The molecule has 4 rings (SSSR count). The van der Waals surface area contributed by atoms with Crippen molar-refractivity contribution in [3.05, 3.63) is 44.0 Å². The average molecular weight is 298 g/mol. The lowest BCUT2D eigenvalue weighted by atomic mass is 9.89. The third-order valence-corrected chi connectivity index (χ3v) is 5.60. The van der Waals surface area contributed by atoms with Crippen LogP contribution in [0.2, 0.25) is 0 Å². The zero-order chi connectivity index (χ0) is 15.4. The Morgan fingerprint density at radius 3 is 1.64 bits per heavy atom. The second-order valence-electron chi connectivity index (χ2n) is 7.10. The van der Waals surface area contributed by atoms with Gasteiger partial charge < -0.3 is 0 Å². The van der Waals surface area contributed by atoms with E-state index in [9.17, 15) is 9.59 Å². The van der Waals surface area contributed by atoms with Crippen molar-refractivity contribution in [2.45, 2.75) is 52.6 Å². The first-order chi connectivity index (χ1) is 10.6. The Hall–Kier alpha value is -1.84. The molecule has 2 atom stereocenters. The van der Waals surface area contributed by atoms with Crippen LogP contribution in [0.15, 0.2) is 21.7 Å². The average Bonchev–Trinajstić information content (AvgIpc) is 2.53. The molecule has 0 saturated heterocycles. The van der Waals surface area contributed by atoms with Gasteiger partial charge in [-0.05, 0) is 60.8 Å². The van der Waals surface area contributed by atoms with Gasteiger partial charge in [0.15, 0.2) is 0 Å². The molecule has 2 aliphatic rings. The van der Waals surface area contributed by atoms with Crippen molar-refractivity contribution < 1.29 is 0 Å². The fourth-order valence-electron chi connectivity index (χ4n) is 3.91. The van der Waals surface area contributed by atoms with Crippen LogP contribution in [-0.4, -0.2) is 9.36 Å². The highest BCUT2D eigenvalue weighted by Gasteiger charge is 2.25. The normalized spacial score (nSPS) is 24.1. The number of rotatable bonds is 0. The van der Waals surface area contributed by atoms with Gasteiger partial charge in [-0.15, -0.1) is 0 Å². The minimum atomic E-state index is 0.00160. The van der Waals surface area contributed by atoms with E-state index in [1.165, 1.54) is 24.0 Å².